The summed E-state index contributed by atoms with van der Waals surface area (Å²) in [5, 5.41) is 23.2. The van der Waals surface area contributed by atoms with E-state index in [9.17, 15) is 9.90 Å². The molecule has 2 saturated heterocycles. The average molecular weight is 432 g/mol. The molecule has 32 heavy (non-hydrogen) atoms. The van der Waals surface area contributed by atoms with E-state index in [-0.39, 0.29) is 11.3 Å². The SMILES string of the molecule is CN(c1ccc(-c2ccc(-c3ccn(C)c(=O)c3)cc2O)nn1)C1C[C@H]2CCC[C@@H](C1)N2. The van der Waals surface area contributed by atoms with Gasteiger partial charge in [0.15, 0.2) is 5.82 Å². The Morgan fingerprint density at radius 3 is 2.44 bits per heavy atom. The van der Waals surface area contributed by atoms with Gasteiger partial charge < -0.3 is 19.9 Å². The summed E-state index contributed by atoms with van der Waals surface area (Å²) in [6.45, 7) is 0. The second kappa shape index (κ2) is 8.39. The molecule has 5 rings (SSSR count). The van der Waals surface area contributed by atoms with Crippen molar-refractivity contribution in [2.45, 2.75) is 50.2 Å². The first-order chi connectivity index (χ1) is 15.5. The van der Waals surface area contributed by atoms with Crippen molar-refractivity contribution in [2.75, 3.05) is 11.9 Å². The van der Waals surface area contributed by atoms with Gasteiger partial charge in [-0.25, -0.2) is 0 Å². The van der Waals surface area contributed by atoms with Crippen LogP contribution in [0, 0.1) is 0 Å². The lowest BCUT2D eigenvalue weighted by molar-refractivity contribution is 0.219. The number of hydrogen-bond donors (Lipinski definition) is 2. The maximum atomic E-state index is 11.9. The predicted octanol–water partition coefficient (Wildman–Crippen LogP) is 3.32. The van der Waals surface area contributed by atoms with Gasteiger partial charge >= 0.3 is 0 Å². The highest BCUT2D eigenvalue weighted by Gasteiger charge is 2.33. The van der Waals surface area contributed by atoms with Crippen molar-refractivity contribution in [3.8, 4) is 28.1 Å². The summed E-state index contributed by atoms with van der Waals surface area (Å²) in [6.07, 6.45) is 7.86. The third-order valence-corrected chi connectivity index (χ3v) is 6.96. The van der Waals surface area contributed by atoms with Gasteiger partial charge in [0.1, 0.15) is 5.75 Å². The third kappa shape index (κ3) is 4.00. The van der Waals surface area contributed by atoms with E-state index in [4.69, 9.17) is 0 Å². The summed E-state index contributed by atoms with van der Waals surface area (Å²) >= 11 is 0. The molecule has 0 aliphatic carbocycles. The fourth-order valence-corrected chi connectivity index (χ4v) is 5.05. The molecule has 2 fully saturated rings. The molecule has 166 valence electrons. The lowest BCUT2D eigenvalue weighted by Gasteiger charge is -2.43. The molecule has 4 heterocycles. The van der Waals surface area contributed by atoms with Crippen LogP contribution in [0.15, 0.2) is 53.5 Å². The number of phenolic OH excluding ortho intramolecular Hbond substituents is 1. The maximum absolute atomic E-state index is 11.9. The molecule has 7 heteroatoms. The molecule has 0 amide bonds. The van der Waals surface area contributed by atoms with E-state index in [1.54, 1.807) is 25.4 Å². The molecule has 0 spiro atoms. The van der Waals surface area contributed by atoms with E-state index in [1.165, 1.54) is 23.8 Å². The molecular weight excluding hydrogens is 402 g/mol. The summed E-state index contributed by atoms with van der Waals surface area (Å²) in [5.41, 5.74) is 2.71. The number of fused-ring (bicyclic) bond motifs is 2. The van der Waals surface area contributed by atoms with E-state index in [0.29, 0.717) is 29.4 Å². The number of pyridine rings is 1. The van der Waals surface area contributed by atoms with Crippen LogP contribution in [0.2, 0.25) is 0 Å². The molecule has 7 nitrogen and oxygen atoms in total. The van der Waals surface area contributed by atoms with Crippen LogP contribution in [0.5, 0.6) is 5.75 Å². The highest BCUT2D eigenvalue weighted by atomic mass is 16.3. The van der Waals surface area contributed by atoms with Crippen molar-refractivity contribution >= 4 is 5.82 Å². The minimum absolute atomic E-state index is 0.0889. The Hall–Kier alpha value is -3.19. The van der Waals surface area contributed by atoms with Gasteiger partial charge in [0.2, 0.25) is 0 Å². The number of aromatic hydroxyl groups is 1. The van der Waals surface area contributed by atoms with E-state index >= 15 is 0 Å². The molecule has 1 unspecified atom stereocenters. The van der Waals surface area contributed by atoms with Gasteiger partial charge in [0.05, 0.1) is 5.69 Å². The number of anilines is 1. The summed E-state index contributed by atoms with van der Waals surface area (Å²) in [6, 6.07) is 14.4. The van der Waals surface area contributed by atoms with Gasteiger partial charge in [0.25, 0.3) is 5.56 Å². The Kier molecular flexibility index (Phi) is 5.43. The number of phenols is 1. The molecule has 3 aromatic rings. The summed E-state index contributed by atoms with van der Waals surface area (Å²) in [7, 11) is 3.81. The molecule has 2 bridgehead atoms. The van der Waals surface area contributed by atoms with Gasteiger partial charge in [-0.3, -0.25) is 4.79 Å². The standard InChI is InChI=1S/C25H29N5O2/c1-29-11-10-17(13-25(29)32)16-6-7-21(23(31)12-16)22-8-9-24(28-27-22)30(2)20-14-18-4-3-5-19(15-20)26-18/h6-13,18-20,26,31H,3-5,14-15H2,1-2H3/t18-,19+,20?. The molecule has 2 N–H and O–H groups in total. The van der Waals surface area contributed by atoms with E-state index in [1.807, 2.05) is 30.3 Å². The Bertz CT molecular complexity index is 1160. The van der Waals surface area contributed by atoms with Crippen LogP contribution in [0.3, 0.4) is 0 Å². The van der Waals surface area contributed by atoms with Crippen molar-refractivity contribution in [1.29, 1.82) is 0 Å². The van der Waals surface area contributed by atoms with Gasteiger partial charge in [-0.1, -0.05) is 12.5 Å². The van der Waals surface area contributed by atoms with Crippen LogP contribution in [0.4, 0.5) is 5.82 Å². The molecule has 1 aromatic carbocycles. The quantitative estimate of drug-likeness (QED) is 0.659. The van der Waals surface area contributed by atoms with Crippen LogP contribution in [0.25, 0.3) is 22.4 Å². The Morgan fingerprint density at radius 1 is 1.03 bits per heavy atom. The molecule has 0 radical (unpaired) electrons. The lowest BCUT2D eigenvalue weighted by atomic mass is 9.83. The third-order valence-electron chi connectivity index (χ3n) is 6.96. The fraction of sp³-hybridized carbons (Fsp3) is 0.400. The van der Waals surface area contributed by atoms with Gasteiger partial charge in [-0.15, -0.1) is 10.2 Å². The van der Waals surface area contributed by atoms with Crippen molar-refractivity contribution < 1.29 is 5.11 Å². The minimum Gasteiger partial charge on any atom is -0.507 e. The zero-order chi connectivity index (χ0) is 22.2. The Labute approximate surface area is 187 Å². The first kappa shape index (κ1) is 20.7. The Balaban J connectivity index is 1.34. The van der Waals surface area contributed by atoms with Crippen molar-refractivity contribution in [1.82, 2.24) is 20.1 Å². The van der Waals surface area contributed by atoms with Crippen LogP contribution >= 0.6 is 0 Å². The molecule has 2 aromatic heterocycles. The molecule has 2 aliphatic rings. The van der Waals surface area contributed by atoms with E-state index in [0.717, 1.165) is 29.8 Å². The highest BCUT2D eigenvalue weighted by molar-refractivity contribution is 5.74. The smallest absolute Gasteiger partial charge is 0.250 e. The first-order valence-corrected chi connectivity index (χ1v) is 11.3. The summed E-state index contributed by atoms with van der Waals surface area (Å²) in [5.74, 6) is 0.972. The fourth-order valence-electron chi connectivity index (χ4n) is 5.05. The number of nitrogens with zero attached hydrogens (tertiary/aromatic N) is 4. The first-order valence-electron chi connectivity index (χ1n) is 11.3. The predicted molar refractivity (Wildman–Crippen MR) is 126 cm³/mol. The number of nitrogens with one attached hydrogen (secondary N) is 1. The average Bonchev–Trinajstić information content (AvgIpc) is 2.80. The van der Waals surface area contributed by atoms with Gasteiger partial charge in [-0.2, -0.15) is 0 Å². The van der Waals surface area contributed by atoms with Crippen LogP contribution in [0.1, 0.15) is 32.1 Å². The monoisotopic (exact) mass is 431 g/mol. The number of hydrogen-bond acceptors (Lipinski definition) is 6. The Morgan fingerprint density at radius 2 is 1.78 bits per heavy atom. The van der Waals surface area contributed by atoms with Crippen molar-refractivity contribution in [3.05, 3.63) is 59.0 Å². The summed E-state index contributed by atoms with van der Waals surface area (Å²) in [4.78, 5) is 14.2. The highest BCUT2D eigenvalue weighted by Crippen LogP contribution is 2.33. The second-order valence-electron chi connectivity index (χ2n) is 9.10. The number of rotatable bonds is 4. The van der Waals surface area contributed by atoms with Crippen molar-refractivity contribution in [3.63, 3.8) is 0 Å². The van der Waals surface area contributed by atoms with Gasteiger partial charge in [0, 0.05) is 50.0 Å². The minimum atomic E-state index is -0.0889. The van der Waals surface area contributed by atoms with Gasteiger partial charge in [-0.05, 0) is 67.1 Å². The normalized spacial score (nSPS) is 22.5. The number of aromatic nitrogens is 3. The molecular formula is C25H29N5O2. The van der Waals surface area contributed by atoms with Crippen LogP contribution in [-0.4, -0.2) is 45.0 Å². The lowest BCUT2D eigenvalue weighted by Crippen LogP contribution is -2.54. The number of aryl methyl sites for hydroxylation is 1. The van der Waals surface area contributed by atoms with Crippen molar-refractivity contribution in [2.24, 2.45) is 7.05 Å². The zero-order valence-corrected chi connectivity index (χ0v) is 18.5. The van der Waals surface area contributed by atoms with E-state index < -0.39 is 0 Å². The van der Waals surface area contributed by atoms with E-state index in [2.05, 4.69) is 27.5 Å². The molecule has 0 saturated carbocycles. The van der Waals surface area contributed by atoms with Crippen LogP contribution in [-0.2, 0) is 7.05 Å². The zero-order valence-electron chi connectivity index (χ0n) is 18.5. The number of piperidine rings is 2. The largest absolute Gasteiger partial charge is 0.507 e. The second-order valence-corrected chi connectivity index (χ2v) is 9.10. The van der Waals surface area contributed by atoms with Crippen LogP contribution < -0.4 is 15.8 Å². The number of benzene rings is 1. The molecule has 2 aliphatic heterocycles. The maximum Gasteiger partial charge on any atom is 0.250 e. The topological polar surface area (TPSA) is 83.3 Å². The molecule has 3 atom stereocenters. The summed E-state index contributed by atoms with van der Waals surface area (Å²) < 4.78 is 1.52.